The molecule has 3 heterocycles. The number of thiazole rings is 1. The van der Waals surface area contributed by atoms with Crippen LogP contribution in [0.15, 0.2) is 71.8 Å². The van der Waals surface area contributed by atoms with E-state index in [1.807, 2.05) is 6.07 Å². The molecule has 0 radical (unpaired) electrons. The number of Topliss-reactive ketones (excluding diaryl/α,β-unsaturated/α-hetero) is 1. The summed E-state index contributed by atoms with van der Waals surface area (Å²) < 4.78 is 5.10. The molecule has 1 amide bonds. The molecule has 4 rings (SSSR count). The van der Waals surface area contributed by atoms with Crippen molar-refractivity contribution in [3.05, 3.63) is 92.8 Å². The fraction of sp³-hybridized carbons (Fsp3) is 0.130. The van der Waals surface area contributed by atoms with E-state index in [0.717, 1.165) is 11.3 Å². The molecule has 0 saturated heterocycles. The van der Waals surface area contributed by atoms with E-state index in [9.17, 15) is 19.5 Å². The minimum absolute atomic E-state index is 0.0210. The second-order valence-corrected chi connectivity index (χ2v) is 8.78. The van der Waals surface area contributed by atoms with Crippen molar-refractivity contribution in [2.24, 2.45) is 0 Å². The summed E-state index contributed by atoms with van der Waals surface area (Å²) in [5, 5.41) is 12.7. The third-order valence-electron chi connectivity index (χ3n) is 4.82. The molecular formula is C23H18N2O5S2. The van der Waals surface area contributed by atoms with Gasteiger partial charge in [-0.3, -0.25) is 14.5 Å². The molecule has 0 aliphatic carbocycles. The Balaban J connectivity index is 1.80. The summed E-state index contributed by atoms with van der Waals surface area (Å²) in [6.07, 6.45) is 1.45. The first kappa shape index (κ1) is 21.7. The highest BCUT2D eigenvalue weighted by Gasteiger charge is 2.46. The highest BCUT2D eigenvalue weighted by Crippen LogP contribution is 2.44. The van der Waals surface area contributed by atoms with Crippen molar-refractivity contribution in [3.8, 4) is 0 Å². The molecule has 2 aromatic heterocycles. The molecule has 7 nitrogen and oxygen atoms in total. The van der Waals surface area contributed by atoms with E-state index in [0.29, 0.717) is 16.1 Å². The number of ketones is 1. The minimum Gasteiger partial charge on any atom is -0.503 e. The molecule has 3 aromatic rings. The fourth-order valence-electron chi connectivity index (χ4n) is 3.40. The topological polar surface area (TPSA) is 96.8 Å². The Hall–Kier alpha value is -3.56. The van der Waals surface area contributed by atoms with E-state index >= 15 is 0 Å². The second kappa shape index (κ2) is 8.89. The summed E-state index contributed by atoms with van der Waals surface area (Å²) in [5.74, 6) is -2.39. The smallest absolute Gasteiger partial charge is 0.350 e. The molecule has 0 spiro atoms. The molecule has 162 valence electrons. The van der Waals surface area contributed by atoms with Crippen molar-refractivity contribution in [2.45, 2.75) is 13.0 Å². The summed E-state index contributed by atoms with van der Waals surface area (Å²) >= 11 is 2.20. The number of nitrogens with zero attached hydrogens (tertiary/aromatic N) is 2. The Morgan fingerprint density at radius 1 is 1.25 bits per heavy atom. The van der Waals surface area contributed by atoms with E-state index in [2.05, 4.69) is 11.6 Å². The quantitative estimate of drug-likeness (QED) is 0.310. The summed E-state index contributed by atoms with van der Waals surface area (Å²) in [6.45, 7) is 5.19. The van der Waals surface area contributed by atoms with Crippen molar-refractivity contribution in [2.75, 3.05) is 11.5 Å². The Morgan fingerprint density at radius 2 is 2.00 bits per heavy atom. The Bertz CT molecular complexity index is 1230. The zero-order valence-electron chi connectivity index (χ0n) is 17.0. The number of hydrogen-bond acceptors (Lipinski definition) is 8. The molecule has 0 bridgehead atoms. The maximum absolute atomic E-state index is 13.2. The number of esters is 1. The summed E-state index contributed by atoms with van der Waals surface area (Å²) in [4.78, 5) is 45.0. The van der Waals surface area contributed by atoms with Gasteiger partial charge >= 0.3 is 5.97 Å². The van der Waals surface area contributed by atoms with Crippen molar-refractivity contribution < 1.29 is 24.2 Å². The van der Waals surface area contributed by atoms with Gasteiger partial charge in [-0.2, -0.15) is 0 Å². The molecule has 1 aliphatic rings. The van der Waals surface area contributed by atoms with Gasteiger partial charge < -0.3 is 9.84 Å². The number of carbonyl (C=O) groups excluding carboxylic acids is 3. The normalized spacial score (nSPS) is 15.8. The molecule has 32 heavy (non-hydrogen) atoms. The average molecular weight is 467 g/mol. The lowest BCUT2D eigenvalue weighted by Crippen LogP contribution is -2.30. The van der Waals surface area contributed by atoms with Gasteiger partial charge in [-0.1, -0.05) is 60.4 Å². The van der Waals surface area contributed by atoms with Crippen LogP contribution in [0.5, 0.6) is 0 Å². The molecule has 1 aromatic carbocycles. The van der Waals surface area contributed by atoms with Crippen molar-refractivity contribution in [1.82, 2.24) is 4.98 Å². The molecular weight excluding hydrogens is 448 g/mol. The first-order valence-electron chi connectivity index (χ1n) is 9.59. The summed E-state index contributed by atoms with van der Waals surface area (Å²) in [5.41, 5.74) is 0.997. The minimum atomic E-state index is -0.888. The number of carbonyl (C=O) groups is 3. The Labute approximate surface area is 191 Å². The number of amides is 1. The molecule has 1 unspecified atom stereocenters. The van der Waals surface area contributed by atoms with Gasteiger partial charge in [0.05, 0.1) is 22.2 Å². The predicted molar refractivity (Wildman–Crippen MR) is 122 cm³/mol. The van der Waals surface area contributed by atoms with Crippen LogP contribution in [0.4, 0.5) is 5.13 Å². The molecule has 9 heteroatoms. The standard InChI is InChI=1S/C23H18N2O5S2/c1-3-11-30-22(29)20-13(2)24-23(32-20)25-17(14-8-5-4-6-9-14)16(19(27)21(25)28)18(26)15-10-7-12-31-15/h3-10,12,17,27H,1,11H2,2H3. The van der Waals surface area contributed by atoms with Gasteiger partial charge in [-0.05, 0) is 23.9 Å². The number of aliphatic hydroxyl groups is 1. The number of aryl methyl sites for hydroxylation is 1. The molecule has 1 atom stereocenters. The van der Waals surface area contributed by atoms with Crippen LogP contribution < -0.4 is 4.90 Å². The number of benzene rings is 1. The van der Waals surface area contributed by atoms with E-state index in [-0.39, 0.29) is 22.2 Å². The summed E-state index contributed by atoms with van der Waals surface area (Å²) in [7, 11) is 0. The lowest BCUT2D eigenvalue weighted by atomic mass is 9.96. The van der Waals surface area contributed by atoms with Gasteiger partial charge in [0.1, 0.15) is 11.5 Å². The van der Waals surface area contributed by atoms with Gasteiger partial charge in [0.25, 0.3) is 5.91 Å². The monoisotopic (exact) mass is 466 g/mol. The zero-order valence-corrected chi connectivity index (χ0v) is 18.6. The number of rotatable bonds is 7. The molecule has 1 aliphatic heterocycles. The first-order valence-corrected chi connectivity index (χ1v) is 11.3. The molecule has 1 N–H and O–H groups in total. The third-order valence-corrected chi connectivity index (χ3v) is 6.83. The van der Waals surface area contributed by atoms with Gasteiger partial charge in [0, 0.05) is 0 Å². The van der Waals surface area contributed by atoms with Gasteiger partial charge in [0.15, 0.2) is 10.9 Å². The highest BCUT2D eigenvalue weighted by molar-refractivity contribution is 7.17. The van der Waals surface area contributed by atoms with Crippen LogP contribution >= 0.6 is 22.7 Å². The number of thiophene rings is 1. The fourth-order valence-corrected chi connectivity index (χ4v) is 5.07. The van der Waals surface area contributed by atoms with Crippen LogP contribution in [0.25, 0.3) is 0 Å². The van der Waals surface area contributed by atoms with Crippen molar-refractivity contribution in [3.63, 3.8) is 0 Å². The van der Waals surface area contributed by atoms with E-state index in [1.165, 1.54) is 22.3 Å². The zero-order chi connectivity index (χ0) is 22.8. The van der Waals surface area contributed by atoms with Crippen LogP contribution in [0.3, 0.4) is 0 Å². The van der Waals surface area contributed by atoms with Gasteiger partial charge in [0.2, 0.25) is 5.78 Å². The van der Waals surface area contributed by atoms with Crippen molar-refractivity contribution >= 4 is 45.5 Å². The highest BCUT2D eigenvalue weighted by atomic mass is 32.1. The van der Waals surface area contributed by atoms with E-state index in [4.69, 9.17) is 4.74 Å². The maximum Gasteiger partial charge on any atom is 0.350 e. The number of ether oxygens (including phenoxy) is 1. The first-order chi connectivity index (χ1) is 15.4. The van der Waals surface area contributed by atoms with Gasteiger partial charge in [-0.25, -0.2) is 9.78 Å². The molecule has 0 fully saturated rings. The van der Waals surface area contributed by atoms with Crippen LogP contribution in [-0.4, -0.2) is 34.4 Å². The van der Waals surface area contributed by atoms with Crippen LogP contribution in [0.2, 0.25) is 0 Å². The summed E-state index contributed by atoms with van der Waals surface area (Å²) in [6, 6.07) is 11.4. The van der Waals surface area contributed by atoms with E-state index < -0.39 is 29.5 Å². The number of hydrogen-bond donors (Lipinski definition) is 1. The lowest BCUT2D eigenvalue weighted by Gasteiger charge is -2.24. The number of anilines is 1. The van der Waals surface area contributed by atoms with Crippen LogP contribution in [-0.2, 0) is 9.53 Å². The number of aromatic nitrogens is 1. The average Bonchev–Trinajstić information content (AvgIpc) is 3.52. The third kappa shape index (κ3) is 3.76. The Kier molecular flexibility index (Phi) is 6.02. The lowest BCUT2D eigenvalue weighted by molar-refractivity contribution is -0.117. The largest absolute Gasteiger partial charge is 0.503 e. The van der Waals surface area contributed by atoms with E-state index in [1.54, 1.807) is 48.7 Å². The Morgan fingerprint density at radius 3 is 2.66 bits per heavy atom. The maximum atomic E-state index is 13.2. The van der Waals surface area contributed by atoms with Crippen molar-refractivity contribution in [1.29, 1.82) is 0 Å². The predicted octanol–water partition coefficient (Wildman–Crippen LogP) is 4.64. The van der Waals surface area contributed by atoms with Crippen LogP contribution in [0.1, 0.15) is 36.6 Å². The second-order valence-electron chi connectivity index (χ2n) is 6.86. The SMILES string of the molecule is C=CCOC(=O)c1sc(N2C(=O)C(O)=C(C(=O)c3cccs3)C2c2ccccc2)nc1C. The number of aliphatic hydroxyl groups excluding tert-OH is 1. The molecule has 0 saturated carbocycles. The van der Waals surface area contributed by atoms with Crippen LogP contribution in [0, 0.1) is 6.92 Å². The van der Waals surface area contributed by atoms with Gasteiger partial charge in [-0.15, -0.1) is 11.3 Å².